The zero-order chi connectivity index (χ0) is 14.2. The van der Waals surface area contributed by atoms with E-state index in [1.54, 1.807) is 0 Å². The lowest BCUT2D eigenvalue weighted by Crippen LogP contribution is -2.52. The van der Waals surface area contributed by atoms with E-state index < -0.39 is 0 Å². The first-order valence-electron chi connectivity index (χ1n) is 7.29. The van der Waals surface area contributed by atoms with Crippen molar-refractivity contribution in [3.63, 3.8) is 0 Å². The first-order chi connectivity index (χ1) is 8.90. The molecule has 1 aromatic carbocycles. The summed E-state index contributed by atoms with van der Waals surface area (Å²) in [6, 6.07) is 6.65. The maximum absolute atomic E-state index is 11.0. The molecule has 0 saturated carbocycles. The van der Waals surface area contributed by atoms with E-state index in [2.05, 4.69) is 51.7 Å². The molecule has 0 aromatic heterocycles. The fourth-order valence-corrected chi connectivity index (χ4v) is 3.56. The Labute approximate surface area is 116 Å². The Morgan fingerprint density at radius 2 is 2.16 bits per heavy atom. The van der Waals surface area contributed by atoms with Crippen LogP contribution in [0.4, 0.5) is 5.69 Å². The Bertz CT molecular complexity index is 478. The number of anilines is 1. The van der Waals surface area contributed by atoms with Gasteiger partial charge >= 0.3 is 0 Å². The van der Waals surface area contributed by atoms with E-state index in [0.29, 0.717) is 12.0 Å². The highest BCUT2D eigenvalue weighted by Gasteiger charge is 2.38. The normalized spacial score (nSPS) is 22.8. The highest BCUT2D eigenvalue weighted by Crippen LogP contribution is 2.44. The molecule has 0 spiro atoms. The van der Waals surface area contributed by atoms with Gasteiger partial charge in [0.25, 0.3) is 0 Å². The van der Waals surface area contributed by atoms with Gasteiger partial charge in [0.15, 0.2) is 0 Å². The SMILES string of the molecule is CC[C@@H](C)N1c2ccc(C=O)cc2[C@H](C)CC1(C)C. The van der Waals surface area contributed by atoms with Crippen LogP contribution >= 0.6 is 0 Å². The summed E-state index contributed by atoms with van der Waals surface area (Å²) in [5.41, 5.74) is 3.59. The van der Waals surface area contributed by atoms with Gasteiger partial charge in [-0.1, -0.05) is 13.8 Å². The lowest BCUT2D eigenvalue weighted by atomic mass is 9.78. The van der Waals surface area contributed by atoms with Crippen molar-refractivity contribution in [3.05, 3.63) is 29.3 Å². The fraction of sp³-hybridized carbons (Fsp3) is 0.588. The van der Waals surface area contributed by atoms with Crippen LogP contribution in [0.2, 0.25) is 0 Å². The summed E-state index contributed by atoms with van der Waals surface area (Å²) in [5, 5.41) is 0. The topological polar surface area (TPSA) is 20.3 Å². The third-order valence-corrected chi connectivity index (χ3v) is 4.47. The molecular formula is C17H25NO. The molecule has 0 saturated heterocycles. The van der Waals surface area contributed by atoms with Crippen LogP contribution in [0.3, 0.4) is 0 Å². The number of hydrogen-bond donors (Lipinski definition) is 0. The molecule has 1 aromatic rings. The monoisotopic (exact) mass is 259 g/mol. The minimum Gasteiger partial charge on any atom is -0.363 e. The molecule has 0 fully saturated rings. The van der Waals surface area contributed by atoms with Gasteiger partial charge in [-0.05, 0) is 63.3 Å². The fourth-order valence-electron chi connectivity index (χ4n) is 3.56. The molecule has 2 atom stereocenters. The van der Waals surface area contributed by atoms with Crippen LogP contribution in [-0.2, 0) is 0 Å². The molecule has 0 unspecified atom stereocenters. The molecule has 19 heavy (non-hydrogen) atoms. The highest BCUT2D eigenvalue weighted by molar-refractivity contribution is 5.78. The first-order valence-corrected chi connectivity index (χ1v) is 7.29. The predicted molar refractivity (Wildman–Crippen MR) is 81.2 cm³/mol. The van der Waals surface area contributed by atoms with Crippen molar-refractivity contribution in [3.8, 4) is 0 Å². The Morgan fingerprint density at radius 1 is 1.47 bits per heavy atom. The van der Waals surface area contributed by atoms with Crippen LogP contribution in [0.1, 0.15) is 69.3 Å². The van der Waals surface area contributed by atoms with E-state index in [1.807, 2.05) is 6.07 Å². The summed E-state index contributed by atoms with van der Waals surface area (Å²) < 4.78 is 0. The molecule has 0 aliphatic carbocycles. The second-order valence-electron chi connectivity index (χ2n) is 6.48. The number of carbonyl (C=O) groups excluding carboxylic acids is 1. The maximum atomic E-state index is 11.0. The van der Waals surface area contributed by atoms with Gasteiger partial charge in [-0.3, -0.25) is 4.79 Å². The number of carbonyl (C=O) groups is 1. The van der Waals surface area contributed by atoms with Gasteiger partial charge in [0.2, 0.25) is 0 Å². The Morgan fingerprint density at radius 3 is 2.74 bits per heavy atom. The third kappa shape index (κ3) is 2.41. The van der Waals surface area contributed by atoms with E-state index in [4.69, 9.17) is 0 Å². The van der Waals surface area contributed by atoms with Crippen molar-refractivity contribution >= 4 is 12.0 Å². The molecular weight excluding hydrogens is 234 g/mol. The maximum Gasteiger partial charge on any atom is 0.150 e. The number of hydrogen-bond acceptors (Lipinski definition) is 2. The second kappa shape index (κ2) is 4.99. The molecule has 2 rings (SSSR count). The number of fused-ring (bicyclic) bond motifs is 1. The average Bonchev–Trinajstić information content (AvgIpc) is 2.37. The van der Waals surface area contributed by atoms with Crippen LogP contribution in [0, 0.1) is 0 Å². The molecule has 1 heterocycles. The molecule has 0 amide bonds. The Kier molecular flexibility index (Phi) is 3.71. The van der Waals surface area contributed by atoms with Crippen molar-refractivity contribution < 1.29 is 4.79 Å². The van der Waals surface area contributed by atoms with E-state index in [9.17, 15) is 4.79 Å². The quantitative estimate of drug-likeness (QED) is 0.750. The standard InChI is InChI=1S/C17H25NO/c1-6-13(3)18-16-8-7-14(11-19)9-15(16)12(2)10-17(18,4)5/h7-9,11-13H,6,10H2,1-5H3/t12-,13-/m1/s1. The van der Waals surface area contributed by atoms with Crippen molar-refractivity contribution in [1.82, 2.24) is 0 Å². The van der Waals surface area contributed by atoms with Crippen LogP contribution in [0.5, 0.6) is 0 Å². The van der Waals surface area contributed by atoms with Crippen molar-refractivity contribution in [2.75, 3.05) is 4.90 Å². The summed E-state index contributed by atoms with van der Waals surface area (Å²) in [6.45, 7) is 11.4. The van der Waals surface area contributed by atoms with Crippen molar-refractivity contribution in [2.45, 2.75) is 65.0 Å². The first kappa shape index (κ1) is 14.1. The van der Waals surface area contributed by atoms with Crippen LogP contribution in [-0.4, -0.2) is 17.9 Å². The van der Waals surface area contributed by atoms with Crippen LogP contribution < -0.4 is 4.90 Å². The largest absolute Gasteiger partial charge is 0.363 e. The minimum atomic E-state index is 0.171. The molecule has 1 aliphatic rings. The summed E-state index contributed by atoms with van der Waals surface area (Å²) in [6.07, 6.45) is 3.21. The van der Waals surface area contributed by atoms with E-state index in [0.717, 1.165) is 24.7 Å². The molecule has 0 N–H and O–H groups in total. The number of rotatable bonds is 3. The van der Waals surface area contributed by atoms with Gasteiger partial charge < -0.3 is 4.90 Å². The van der Waals surface area contributed by atoms with Crippen molar-refractivity contribution in [2.24, 2.45) is 0 Å². The molecule has 0 radical (unpaired) electrons. The summed E-state index contributed by atoms with van der Waals surface area (Å²) in [4.78, 5) is 13.5. The predicted octanol–water partition coefficient (Wildman–Crippen LogP) is 4.39. The number of benzene rings is 1. The number of nitrogens with zero attached hydrogens (tertiary/aromatic N) is 1. The van der Waals surface area contributed by atoms with Gasteiger partial charge in [-0.25, -0.2) is 0 Å². The van der Waals surface area contributed by atoms with Gasteiger partial charge in [-0.15, -0.1) is 0 Å². The minimum absolute atomic E-state index is 0.171. The summed E-state index contributed by atoms with van der Waals surface area (Å²) in [5.74, 6) is 0.505. The Hall–Kier alpha value is -1.31. The molecule has 104 valence electrons. The third-order valence-electron chi connectivity index (χ3n) is 4.47. The molecule has 2 heteroatoms. The highest BCUT2D eigenvalue weighted by atomic mass is 16.1. The van der Waals surface area contributed by atoms with Crippen molar-refractivity contribution in [1.29, 1.82) is 0 Å². The van der Waals surface area contributed by atoms with Gasteiger partial charge in [0, 0.05) is 22.8 Å². The van der Waals surface area contributed by atoms with E-state index in [1.165, 1.54) is 11.3 Å². The van der Waals surface area contributed by atoms with Gasteiger partial charge in [-0.2, -0.15) is 0 Å². The van der Waals surface area contributed by atoms with E-state index in [-0.39, 0.29) is 5.54 Å². The zero-order valence-electron chi connectivity index (χ0n) is 12.7. The average molecular weight is 259 g/mol. The molecule has 2 nitrogen and oxygen atoms in total. The van der Waals surface area contributed by atoms with E-state index >= 15 is 0 Å². The lowest BCUT2D eigenvalue weighted by molar-refractivity contribution is 0.112. The van der Waals surface area contributed by atoms with Gasteiger partial charge in [0.05, 0.1) is 0 Å². The summed E-state index contributed by atoms with van der Waals surface area (Å²) in [7, 11) is 0. The number of aldehydes is 1. The zero-order valence-corrected chi connectivity index (χ0v) is 12.7. The van der Waals surface area contributed by atoms with Gasteiger partial charge in [0.1, 0.15) is 6.29 Å². The lowest BCUT2D eigenvalue weighted by Gasteiger charge is -2.50. The molecule has 1 aliphatic heterocycles. The van der Waals surface area contributed by atoms with Crippen LogP contribution in [0.25, 0.3) is 0 Å². The molecule has 0 bridgehead atoms. The second-order valence-corrected chi connectivity index (χ2v) is 6.48. The summed E-state index contributed by atoms with van der Waals surface area (Å²) >= 11 is 0. The van der Waals surface area contributed by atoms with Crippen LogP contribution in [0.15, 0.2) is 18.2 Å². The smallest absolute Gasteiger partial charge is 0.150 e. The Balaban J connectivity index is 2.56.